The zero-order valence-corrected chi connectivity index (χ0v) is 5.60. The van der Waals surface area contributed by atoms with Crippen molar-refractivity contribution in [3.05, 3.63) is 0 Å². The zero-order valence-electron chi connectivity index (χ0n) is 5.60. The van der Waals surface area contributed by atoms with Gasteiger partial charge in [-0.15, -0.1) is 0 Å². The van der Waals surface area contributed by atoms with Crippen molar-refractivity contribution in [3.63, 3.8) is 0 Å². The second-order valence-corrected chi connectivity index (χ2v) is 2.50. The van der Waals surface area contributed by atoms with Gasteiger partial charge in [-0.1, -0.05) is 12.8 Å². The van der Waals surface area contributed by atoms with Crippen molar-refractivity contribution < 1.29 is 4.74 Å². The highest BCUT2D eigenvalue weighted by Gasteiger charge is 2.12. The second kappa shape index (κ2) is 3.40. The first-order chi connectivity index (χ1) is 4.43. The molecule has 0 aromatic rings. The molecule has 0 amide bonds. The molecule has 0 atom stereocenters. The SMILES string of the molecule is C#COC1CCCCC1. The zero-order chi connectivity index (χ0) is 6.53. The molecule has 0 radical (unpaired) electrons. The molecule has 0 N–H and O–H groups in total. The minimum atomic E-state index is 0.365. The van der Waals surface area contributed by atoms with Crippen molar-refractivity contribution in [3.8, 4) is 12.5 Å². The summed E-state index contributed by atoms with van der Waals surface area (Å²) < 4.78 is 5.01. The van der Waals surface area contributed by atoms with Crippen LogP contribution < -0.4 is 0 Å². The molecule has 0 aliphatic heterocycles. The van der Waals surface area contributed by atoms with Crippen molar-refractivity contribution >= 4 is 0 Å². The molecule has 1 rings (SSSR count). The first-order valence-electron chi connectivity index (χ1n) is 3.54. The molecule has 0 aromatic carbocycles. The van der Waals surface area contributed by atoms with E-state index in [1.807, 2.05) is 0 Å². The van der Waals surface area contributed by atoms with Crippen LogP contribution in [0.1, 0.15) is 32.1 Å². The molecule has 0 spiro atoms. The number of hydrogen-bond donors (Lipinski definition) is 0. The minimum Gasteiger partial charge on any atom is -0.443 e. The van der Waals surface area contributed by atoms with Crippen molar-refractivity contribution in [1.29, 1.82) is 0 Å². The van der Waals surface area contributed by atoms with E-state index in [0.29, 0.717) is 6.10 Å². The van der Waals surface area contributed by atoms with Crippen molar-refractivity contribution in [2.75, 3.05) is 0 Å². The fraction of sp³-hybridized carbons (Fsp3) is 0.750. The molecular weight excluding hydrogens is 112 g/mol. The summed E-state index contributed by atoms with van der Waals surface area (Å²) in [7, 11) is 0. The number of terminal acetylenes is 1. The third kappa shape index (κ3) is 1.97. The lowest BCUT2D eigenvalue weighted by atomic mass is 9.98. The van der Waals surface area contributed by atoms with E-state index < -0.39 is 0 Å². The predicted molar refractivity (Wildman–Crippen MR) is 36.8 cm³/mol. The van der Waals surface area contributed by atoms with Gasteiger partial charge in [0.1, 0.15) is 12.2 Å². The monoisotopic (exact) mass is 124 g/mol. The predicted octanol–water partition coefficient (Wildman–Crippen LogP) is 1.93. The highest BCUT2D eigenvalue weighted by Crippen LogP contribution is 2.19. The van der Waals surface area contributed by atoms with E-state index in [9.17, 15) is 0 Å². The number of rotatable bonds is 1. The summed E-state index contributed by atoms with van der Waals surface area (Å²) in [4.78, 5) is 0. The first kappa shape index (κ1) is 6.48. The quantitative estimate of drug-likeness (QED) is 0.485. The van der Waals surface area contributed by atoms with Gasteiger partial charge in [0.25, 0.3) is 0 Å². The third-order valence-electron chi connectivity index (χ3n) is 1.79. The van der Waals surface area contributed by atoms with Crippen LogP contribution in [0.2, 0.25) is 0 Å². The Morgan fingerprint density at radius 1 is 1.22 bits per heavy atom. The summed E-state index contributed by atoms with van der Waals surface area (Å²) in [6.07, 6.45) is 13.8. The van der Waals surface area contributed by atoms with E-state index in [-0.39, 0.29) is 0 Å². The van der Waals surface area contributed by atoms with Crippen molar-refractivity contribution in [2.45, 2.75) is 38.2 Å². The summed E-state index contributed by atoms with van der Waals surface area (Å²) in [6.45, 7) is 0. The molecule has 50 valence electrons. The van der Waals surface area contributed by atoms with Crippen LogP contribution in [0.15, 0.2) is 0 Å². The van der Waals surface area contributed by atoms with Gasteiger partial charge in [-0.2, -0.15) is 0 Å². The Kier molecular flexibility index (Phi) is 2.45. The maximum Gasteiger partial charge on any atom is 0.110 e. The van der Waals surface area contributed by atoms with Gasteiger partial charge in [0, 0.05) is 0 Å². The molecule has 1 aliphatic rings. The standard InChI is InChI=1S/C8H12O/c1-2-9-8-6-4-3-5-7-8/h1,8H,3-7H2. The average Bonchev–Trinajstić information content (AvgIpc) is 1.91. The Bertz CT molecular complexity index is 106. The van der Waals surface area contributed by atoms with Crippen molar-refractivity contribution in [1.82, 2.24) is 0 Å². The summed E-state index contributed by atoms with van der Waals surface area (Å²) in [5.74, 6) is 0. The molecule has 0 aromatic heterocycles. The van der Waals surface area contributed by atoms with Gasteiger partial charge in [0.15, 0.2) is 0 Å². The van der Waals surface area contributed by atoms with Gasteiger partial charge in [0.05, 0.1) is 0 Å². The Labute approximate surface area is 56.4 Å². The van der Waals surface area contributed by atoms with Crippen LogP contribution >= 0.6 is 0 Å². The molecule has 1 saturated carbocycles. The number of ether oxygens (including phenoxy) is 1. The largest absolute Gasteiger partial charge is 0.443 e. The molecule has 1 fully saturated rings. The molecule has 0 bridgehead atoms. The Morgan fingerprint density at radius 3 is 2.44 bits per heavy atom. The molecule has 1 heteroatoms. The lowest BCUT2D eigenvalue weighted by Gasteiger charge is -2.18. The van der Waals surface area contributed by atoms with Crippen LogP contribution in [0.25, 0.3) is 0 Å². The maximum atomic E-state index is 5.01. The van der Waals surface area contributed by atoms with Crippen LogP contribution in [-0.2, 0) is 4.74 Å². The second-order valence-electron chi connectivity index (χ2n) is 2.50. The molecule has 0 unspecified atom stereocenters. The van der Waals surface area contributed by atoms with Gasteiger partial charge in [-0.05, 0) is 25.7 Å². The molecule has 9 heavy (non-hydrogen) atoms. The molecule has 0 heterocycles. The van der Waals surface area contributed by atoms with E-state index in [2.05, 4.69) is 6.11 Å². The third-order valence-corrected chi connectivity index (χ3v) is 1.79. The van der Waals surface area contributed by atoms with E-state index >= 15 is 0 Å². The van der Waals surface area contributed by atoms with Gasteiger partial charge in [-0.3, -0.25) is 0 Å². The molecule has 0 saturated heterocycles. The lowest BCUT2D eigenvalue weighted by molar-refractivity contribution is 0.125. The topological polar surface area (TPSA) is 9.23 Å². The Hall–Kier alpha value is -0.640. The minimum absolute atomic E-state index is 0.365. The highest BCUT2D eigenvalue weighted by molar-refractivity contribution is 4.75. The summed E-state index contributed by atoms with van der Waals surface area (Å²) >= 11 is 0. The lowest BCUT2D eigenvalue weighted by Crippen LogP contribution is -2.13. The van der Waals surface area contributed by atoms with Gasteiger partial charge >= 0.3 is 0 Å². The van der Waals surface area contributed by atoms with Gasteiger partial charge in [0.2, 0.25) is 0 Å². The van der Waals surface area contributed by atoms with Crippen LogP contribution in [0.4, 0.5) is 0 Å². The van der Waals surface area contributed by atoms with Crippen LogP contribution in [0.5, 0.6) is 0 Å². The first-order valence-corrected chi connectivity index (χ1v) is 3.54. The summed E-state index contributed by atoms with van der Waals surface area (Å²) in [5, 5.41) is 0. The molecular formula is C8H12O. The normalized spacial score (nSPS) is 20.8. The van der Waals surface area contributed by atoms with Crippen LogP contribution in [-0.4, -0.2) is 6.10 Å². The van der Waals surface area contributed by atoms with E-state index in [1.165, 1.54) is 19.3 Å². The van der Waals surface area contributed by atoms with E-state index in [1.54, 1.807) is 0 Å². The summed E-state index contributed by atoms with van der Waals surface area (Å²) in [5.41, 5.74) is 0. The van der Waals surface area contributed by atoms with E-state index in [0.717, 1.165) is 12.8 Å². The van der Waals surface area contributed by atoms with Crippen LogP contribution in [0.3, 0.4) is 0 Å². The maximum absolute atomic E-state index is 5.01. The fourth-order valence-electron chi connectivity index (χ4n) is 1.28. The fourth-order valence-corrected chi connectivity index (χ4v) is 1.28. The van der Waals surface area contributed by atoms with Gasteiger partial charge < -0.3 is 4.74 Å². The Balaban J connectivity index is 2.17. The van der Waals surface area contributed by atoms with Crippen LogP contribution in [0, 0.1) is 12.5 Å². The smallest absolute Gasteiger partial charge is 0.110 e. The van der Waals surface area contributed by atoms with E-state index in [4.69, 9.17) is 11.2 Å². The highest BCUT2D eigenvalue weighted by atomic mass is 16.5. The van der Waals surface area contributed by atoms with Gasteiger partial charge in [-0.25, -0.2) is 0 Å². The summed E-state index contributed by atoms with van der Waals surface area (Å²) in [6, 6.07) is 0. The molecule has 1 nitrogen and oxygen atoms in total. The average molecular weight is 124 g/mol. The van der Waals surface area contributed by atoms with Crippen molar-refractivity contribution in [2.24, 2.45) is 0 Å². The Morgan fingerprint density at radius 2 is 1.89 bits per heavy atom. The number of hydrogen-bond acceptors (Lipinski definition) is 1. The molecule has 1 aliphatic carbocycles.